The first-order valence-corrected chi connectivity index (χ1v) is 7.55. The fourth-order valence-electron chi connectivity index (χ4n) is 2.07. The Balaban J connectivity index is 2.26. The first-order chi connectivity index (χ1) is 9.05. The van der Waals surface area contributed by atoms with Gasteiger partial charge in [0.05, 0.1) is 30.6 Å². The average Bonchev–Trinajstić information content (AvgIpc) is 2.40. The lowest BCUT2D eigenvalue weighted by atomic mass is 10.2. The molecule has 0 radical (unpaired) electrons. The van der Waals surface area contributed by atoms with Crippen molar-refractivity contribution < 1.29 is 13.2 Å². The summed E-state index contributed by atoms with van der Waals surface area (Å²) in [7, 11) is -3.47. The lowest BCUT2D eigenvalue weighted by Crippen LogP contribution is -2.46. The minimum absolute atomic E-state index is 0.155. The van der Waals surface area contributed by atoms with Crippen molar-refractivity contribution in [3.63, 3.8) is 0 Å². The molecule has 1 saturated heterocycles. The Morgan fingerprint density at radius 3 is 2.68 bits per heavy atom. The van der Waals surface area contributed by atoms with E-state index in [1.807, 2.05) is 13.0 Å². The molecule has 0 saturated carbocycles. The van der Waals surface area contributed by atoms with E-state index in [-0.39, 0.29) is 17.4 Å². The summed E-state index contributed by atoms with van der Waals surface area (Å²) in [5, 5.41) is 8.60. The summed E-state index contributed by atoms with van der Waals surface area (Å²) >= 11 is 0. The highest BCUT2D eigenvalue weighted by Crippen LogP contribution is 2.20. The van der Waals surface area contributed by atoms with Crippen molar-refractivity contribution in [2.45, 2.75) is 24.3 Å². The molecule has 1 aliphatic heterocycles. The molecule has 1 aliphatic rings. The van der Waals surface area contributed by atoms with E-state index >= 15 is 0 Å². The number of hydrogen-bond acceptors (Lipinski definition) is 4. The van der Waals surface area contributed by atoms with E-state index in [9.17, 15) is 8.42 Å². The summed E-state index contributed by atoms with van der Waals surface area (Å²) < 4.78 is 31.7. The maximum Gasteiger partial charge on any atom is 0.243 e. The number of rotatable bonds is 3. The Morgan fingerprint density at radius 1 is 1.42 bits per heavy atom. The van der Waals surface area contributed by atoms with Crippen molar-refractivity contribution in [2.75, 3.05) is 19.8 Å². The van der Waals surface area contributed by atoms with Crippen molar-refractivity contribution >= 4 is 10.0 Å². The summed E-state index contributed by atoms with van der Waals surface area (Å²) in [5.41, 5.74) is 0.816. The molecule has 6 heteroatoms. The zero-order valence-corrected chi connectivity index (χ0v) is 11.6. The molecule has 1 atom stereocenters. The number of nitrogens with zero attached hydrogens (tertiary/aromatic N) is 2. The third-order valence-electron chi connectivity index (χ3n) is 3.12. The highest BCUT2D eigenvalue weighted by Gasteiger charge is 2.31. The van der Waals surface area contributed by atoms with Crippen LogP contribution in [-0.2, 0) is 21.2 Å². The van der Waals surface area contributed by atoms with Crippen LogP contribution in [0.1, 0.15) is 12.5 Å². The van der Waals surface area contributed by atoms with Crippen molar-refractivity contribution in [2.24, 2.45) is 0 Å². The number of morpholine rings is 1. The molecule has 1 aromatic carbocycles. The lowest BCUT2D eigenvalue weighted by Gasteiger charge is -2.32. The fraction of sp³-hybridized carbons (Fsp3) is 0.462. The Kier molecular flexibility index (Phi) is 4.20. The van der Waals surface area contributed by atoms with E-state index in [0.29, 0.717) is 19.8 Å². The predicted octanol–water partition coefficient (Wildman–Crippen LogP) is 1.16. The smallest absolute Gasteiger partial charge is 0.243 e. The maximum absolute atomic E-state index is 12.5. The van der Waals surface area contributed by atoms with Crippen molar-refractivity contribution in [1.82, 2.24) is 4.31 Å². The zero-order valence-electron chi connectivity index (χ0n) is 10.7. The van der Waals surface area contributed by atoms with E-state index in [1.54, 1.807) is 24.3 Å². The van der Waals surface area contributed by atoms with Gasteiger partial charge in [-0.3, -0.25) is 0 Å². The highest BCUT2D eigenvalue weighted by atomic mass is 32.2. The Hall–Kier alpha value is -1.42. The first-order valence-electron chi connectivity index (χ1n) is 6.11. The molecule has 0 N–H and O–H groups in total. The van der Waals surface area contributed by atoms with Crippen LogP contribution in [0.5, 0.6) is 0 Å². The van der Waals surface area contributed by atoms with Gasteiger partial charge in [-0.05, 0) is 24.6 Å². The summed E-state index contributed by atoms with van der Waals surface area (Å²) in [5.74, 6) is 0. The van der Waals surface area contributed by atoms with Crippen LogP contribution in [0, 0.1) is 11.3 Å². The van der Waals surface area contributed by atoms with Gasteiger partial charge >= 0.3 is 0 Å². The van der Waals surface area contributed by atoms with Crippen molar-refractivity contribution in [3.8, 4) is 6.07 Å². The standard InChI is InChI=1S/C13H16N2O3S/c1-11-10-18-9-8-15(11)19(16,17)13-4-2-12(3-5-13)6-7-14/h2-5,11H,6,8-10H2,1H3/t11-/m1/s1. The van der Waals surface area contributed by atoms with Crippen molar-refractivity contribution in [3.05, 3.63) is 29.8 Å². The molecule has 0 bridgehead atoms. The van der Waals surface area contributed by atoms with Gasteiger partial charge in [0.15, 0.2) is 0 Å². The number of ether oxygens (including phenoxy) is 1. The van der Waals surface area contributed by atoms with Crippen LogP contribution in [-0.4, -0.2) is 38.5 Å². The van der Waals surface area contributed by atoms with E-state index in [1.165, 1.54) is 4.31 Å². The monoisotopic (exact) mass is 280 g/mol. The quantitative estimate of drug-likeness (QED) is 0.833. The summed E-state index contributed by atoms with van der Waals surface area (Å²) in [6.45, 7) is 3.06. The van der Waals surface area contributed by atoms with Gasteiger partial charge in [0.2, 0.25) is 10.0 Å². The largest absolute Gasteiger partial charge is 0.378 e. The van der Waals surface area contributed by atoms with Gasteiger partial charge in [-0.1, -0.05) is 12.1 Å². The molecule has 1 fully saturated rings. The first kappa shape index (κ1) is 14.0. The third kappa shape index (κ3) is 2.95. The predicted molar refractivity (Wildman–Crippen MR) is 69.9 cm³/mol. The van der Waals surface area contributed by atoms with Gasteiger partial charge in [0, 0.05) is 12.6 Å². The fourth-order valence-corrected chi connectivity index (χ4v) is 3.68. The van der Waals surface area contributed by atoms with E-state index in [0.717, 1.165) is 5.56 Å². The van der Waals surface area contributed by atoms with Gasteiger partial charge in [0.25, 0.3) is 0 Å². The molecule has 19 heavy (non-hydrogen) atoms. The molecule has 0 amide bonds. The Bertz CT molecular complexity index is 575. The molecule has 102 valence electrons. The molecule has 1 heterocycles. The second-order valence-corrected chi connectivity index (χ2v) is 6.41. The molecule has 0 spiro atoms. The SMILES string of the molecule is C[C@@H]1COCCN1S(=O)(=O)c1ccc(CC#N)cc1. The molecule has 5 nitrogen and oxygen atoms in total. The number of nitriles is 1. The van der Waals surface area contributed by atoms with Gasteiger partial charge in [-0.15, -0.1) is 0 Å². The molecule has 0 aromatic heterocycles. The molecule has 2 rings (SSSR count). The number of hydrogen-bond donors (Lipinski definition) is 0. The van der Waals surface area contributed by atoms with Gasteiger partial charge in [0.1, 0.15) is 0 Å². The Labute approximate surface area is 113 Å². The number of benzene rings is 1. The van der Waals surface area contributed by atoms with Crippen LogP contribution in [0.25, 0.3) is 0 Å². The van der Waals surface area contributed by atoms with Crippen LogP contribution < -0.4 is 0 Å². The molecule has 0 aliphatic carbocycles. The van der Waals surface area contributed by atoms with Crippen LogP contribution in [0.3, 0.4) is 0 Å². The topological polar surface area (TPSA) is 70.4 Å². The van der Waals surface area contributed by atoms with Crippen LogP contribution in [0.15, 0.2) is 29.2 Å². The molecular formula is C13H16N2O3S. The van der Waals surface area contributed by atoms with Gasteiger partial charge in [-0.25, -0.2) is 8.42 Å². The van der Waals surface area contributed by atoms with Crippen LogP contribution >= 0.6 is 0 Å². The third-order valence-corrected chi connectivity index (χ3v) is 5.15. The molecular weight excluding hydrogens is 264 g/mol. The van der Waals surface area contributed by atoms with E-state index < -0.39 is 10.0 Å². The van der Waals surface area contributed by atoms with Crippen molar-refractivity contribution in [1.29, 1.82) is 5.26 Å². The minimum Gasteiger partial charge on any atom is -0.378 e. The summed E-state index contributed by atoms with van der Waals surface area (Å²) in [6.07, 6.45) is 0.286. The van der Waals surface area contributed by atoms with E-state index in [4.69, 9.17) is 10.00 Å². The lowest BCUT2D eigenvalue weighted by molar-refractivity contribution is 0.0393. The van der Waals surface area contributed by atoms with Crippen LogP contribution in [0.4, 0.5) is 0 Å². The average molecular weight is 280 g/mol. The zero-order chi connectivity index (χ0) is 13.9. The van der Waals surface area contributed by atoms with Gasteiger partial charge in [-0.2, -0.15) is 9.57 Å². The molecule has 1 aromatic rings. The van der Waals surface area contributed by atoms with Crippen LogP contribution in [0.2, 0.25) is 0 Å². The minimum atomic E-state index is -3.47. The summed E-state index contributed by atoms with van der Waals surface area (Å²) in [4.78, 5) is 0.267. The second kappa shape index (κ2) is 5.70. The molecule has 0 unspecified atom stereocenters. The summed E-state index contributed by atoms with van der Waals surface area (Å²) in [6, 6.07) is 8.36. The second-order valence-electron chi connectivity index (χ2n) is 4.52. The highest BCUT2D eigenvalue weighted by molar-refractivity contribution is 7.89. The normalized spacial score (nSPS) is 20.9. The van der Waals surface area contributed by atoms with E-state index in [2.05, 4.69) is 0 Å². The number of sulfonamides is 1. The maximum atomic E-state index is 12.5. The van der Waals surface area contributed by atoms with Gasteiger partial charge < -0.3 is 4.74 Å². The Morgan fingerprint density at radius 2 is 2.11 bits per heavy atom.